The molecule has 2 aromatic carbocycles. The van der Waals surface area contributed by atoms with Crippen molar-refractivity contribution < 1.29 is 10.2 Å². The van der Waals surface area contributed by atoms with Crippen LogP contribution in [0.4, 0.5) is 0 Å². The van der Waals surface area contributed by atoms with Gasteiger partial charge in [0.2, 0.25) is 0 Å². The van der Waals surface area contributed by atoms with Crippen LogP contribution in [0.15, 0.2) is 42.5 Å². The number of phenolic OH excluding ortho intramolecular Hbond substituents is 2. The molecule has 2 aromatic rings. The Morgan fingerprint density at radius 3 is 2.19 bits per heavy atom. The predicted octanol–water partition coefficient (Wildman–Crippen LogP) is 3.33. The predicted molar refractivity (Wildman–Crippen MR) is 64.6 cm³/mol. The molecule has 0 saturated carbocycles. The lowest BCUT2D eigenvalue weighted by Crippen LogP contribution is -1.83. The van der Waals surface area contributed by atoms with E-state index >= 15 is 0 Å². The lowest BCUT2D eigenvalue weighted by atomic mass is 10.0. The van der Waals surface area contributed by atoms with Gasteiger partial charge in [-0.2, -0.15) is 0 Å². The Labute approximate surface area is 94.8 Å². The molecule has 0 aliphatic carbocycles. The van der Waals surface area contributed by atoms with Crippen molar-refractivity contribution in [1.29, 1.82) is 0 Å². The van der Waals surface area contributed by atoms with Crippen molar-refractivity contribution in [3.63, 3.8) is 0 Å². The largest absolute Gasteiger partial charge is 0.508 e. The Balaban J connectivity index is 2.44. The highest BCUT2D eigenvalue weighted by atomic mass is 16.3. The molecule has 2 heteroatoms. The Kier molecular flexibility index (Phi) is 2.82. The molecule has 2 rings (SSSR count). The third kappa shape index (κ3) is 2.01. The second-order valence-electron chi connectivity index (χ2n) is 3.75. The minimum absolute atomic E-state index is 0.230. The molecule has 0 aromatic heterocycles. The summed E-state index contributed by atoms with van der Waals surface area (Å²) < 4.78 is 0. The van der Waals surface area contributed by atoms with E-state index in [2.05, 4.69) is 6.92 Å². The molecule has 0 heterocycles. The fourth-order valence-electron chi connectivity index (χ4n) is 1.68. The molecular weight excluding hydrogens is 200 g/mol. The first-order valence-electron chi connectivity index (χ1n) is 5.32. The zero-order valence-corrected chi connectivity index (χ0v) is 9.14. The molecule has 16 heavy (non-hydrogen) atoms. The smallest absolute Gasteiger partial charge is 0.123 e. The van der Waals surface area contributed by atoms with Crippen molar-refractivity contribution in [2.75, 3.05) is 0 Å². The topological polar surface area (TPSA) is 40.5 Å². The summed E-state index contributed by atoms with van der Waals surface area (Å²) in [6.07, 6.45) is 0.906. The van der Waals surface area contributed by atoms with Crippen LogP contribution >= 0.6 is 0 Å². The lowest BCUT2D eigenvalue weighted by molar-refractivity contribution is 0.474. The molecule has 0 fully saturated rings. The van der Waals surface area contributed by atoms with Crippen molar-refractivity contribution in [3.05, 3.63) is 48.0 Å². The second kappa shape index (κ2) is 4.27. The highest BCUT2D eigenvalue weighted by Gasteiger charge is 2.04. The molecule has 2 N–H and O–H groups in total. The van der Waals surface area contributed by atoms with Gasteiger partial charge in [0.15, 0.2) is 0 Å². The van der Waals surface area contributed by atoms with E-state index < -0.39 is 0 Å². The van der Waals surface area contributed by atoms with Crippen LogP contribution in [0.2, 0.25) is 0 Å². The SMILES string of the molecule is CCc1ccc(-c2ccc(O)cc2)c(O)c1. The van der Waals surface area contributed by atoms with Crippen LogP contribution in [0.25, 0.3) is 11.1 Å². The van der Waals surface area contributed by atoms with E-state index in [1.54, 1.807) is 30.3 Å². The van der Waals surface area contributed by atoms with E-state index in [1.165, 1.54) is 0 Å². The number of aryl methyl sites for hydroxylation is 1. The van der Waals surface area contributed by atoms with Crippen molar-refractivity contribution in [1.82, 2.24) is 0 Å². The van der Waals surface area contributed by atoms with Gasteiger partial charge in [-0.1, -0.05) is 31.2 Å². The monoisotopic (exact) mass is 214 g/mol. The number of phenols is 2. The molecular formula is C14H14O2. The fourth-order valence-corrected chi connectivity index (χ4v) is 1.68. The third-order valence-electron chi connectivity index (χ3n) is 2.65. The third-order valence-corrected chi connectivity index (χ3v) is 2.65. The first-order valence-corrected chi connectivity index (χ1v) is 5.32. The van der Waals surface area contributed by atoms with Crippen LogP contribution in [0.5, 0.6) is 11.5 Å². The molecule has 82 valence electrons. The molecule has 0 saturated heterocycles. The van der Waals surface area contributed by atoms with Gasteiger partial charge in [0, 0.05) is 5.56 Å². The Bertz CT molecular complexity index is 487. The number of benzene rings is 2. The van der Waals surface area contributed by atoms with Gasteiger partial charge in [-0.25, -0.2) is 0 Å². The van der Waals surface area contributed by atoms with Crippen LogP contribution in [0.1, 0.15) is 12.5 Å². The van der Waals surface area contributed by atoms with Crippen molar-refractivity contribution in [3.8, 4) is 22.6 Å². The summed E-state index contributed by atoms with van der Waals surface area (Å²) >= 11 is 0. The van der Waals surface area contributed by atoms with Gasteiger partial charge in [0.05, 0.1) is 0 Å². The van der Waals surface area contributed by atoms with Gasteiger partial charge in [0.25, 0.3) is 0 Å². The van der Waals surface area contributed by atoms with Crippen LogP contribution in [-0.4, -0.2) is 10.2 Å². The molecule has 0 atom stereocenters. The zero-order chi connectivity index (χ0) is 11.5. The van der Waals surface area contributed by atoms with Gasteiger partial charge in [-0.3, -0.25) is 0 Å². The number of aromatic hydroxyl groups is 2. The minimum Gasteiger partial charge on any atom is -0.508 e. The summed E-state index contributed by atoms with van der Waals surface area (Å²) in [7, 11) is 0. The van der Waals surface area contributed by atoms with Gasteiger partial charge in [-0.15, -0.1) is 0 Å². The normalized spacial score (nSPS) is 10.3. The Hall–Kier alpha value is -1.96. The first-order chi connectivity index (χ1) is 7.70. The average Bonchev–Trinajstić information content (AvgIpc) is 2.30. The summed E-state index contributed by atoms with van der Waals surface area (Å²) in [4.78, 5) is 0. The van der Waals surface area contributed by atoms with Gasteiger partial charge < -0.3 is 10.2 Å². The van der Waals surface area contributed by atoms with E-state index in [0.29, 0.717) is 0 Å². The van der Waals surface area contributed by atoms with Crippen LogP contribution < -0.4 is 0 Å². The van der Waals surface area contributed by atoms with Crippen LogP contribution in [0, 0.1) is 0 Å². The molecule has 0 aliphatic heterocycles. The highest BCUT2D eigenvalue weighted by Crippen LogP contribution is 2.30. The molecule has 0 radical (unpaired) electrons. The number of hydrogen-bond acceptors (Lipinski definition) is 2. The molecule has 0 spiro atoms. The summed E-state index contributed by atoms with van der Waals surface area (Å²) in [6, 6.07) is 12.5. The maximum Gasteiger partial charge on any atom is 0.123 e. The zero-order valence-electron chi connectivity index (χ0n) is 9.14. The standard InChI is InChI=1S/C14H14O2/c1-2-10-3-8-13(14(16)9-10)11-4-6-12(15)7-5-11/h3-9,15-16H,2H2,1H3. The quantitative estimate of drug-likeness (QED) is 0.805. The number of hydrogen-bond donors (Lipinski definition) is 2. The summed E-state index contributed by atoms with van der Waals surface area (Å²) in [5.41, 5.74) is 2.80. The van der Waals surface area contributed by atoms with Gasteiger partial charge >= 0.3 is 0 Å². The van der Waals surface area contributed by atoms with Crippen molar-refractivity contribution >= 4 is 0 Å². The fraction of sp³-hybridized carbons (Fsp3) is 0.143. The molecule has 0 amide bonds. The highest BCUT2D eigenvalue weighted by molar-refractivity contribution is 5.70. The molecule has 2 nitrogen and oxygen atoms in total. The Morgan fingerprint density at radius 2 is 1.62 bits per heavy atom. The van der Waals surface area contributed by atoms with Gasteiger partial charge in [-0.05, 0) is 35.7 Å². The first kappa shape index (κ1) is 10.6. The minimum atomic E-state index is 0.230. The van der Waals surface area contributed by atoms with Crippen LogP contribution in [0.3, 0.4) is 0 Å². The molecule has 0 unspecified atom stereocenters. The summed E-state index contributed by atoms with van der Waals surface area (Å²) in [5.74, 6) is 0.512. The molecule has 0 aliphatic rings. The average molecular weight is 214 g/mol. The second-order valence-corrected chi connectivity index (χ2v) is 3.75. The Morgan fingerprint density at radius 1 is 0.938 bits per heavy atom. The summed E-state index contributed by atoms with van der Waals surface area (Å²) in [5, 5.41) is 19.1. The summed E-state index contributed by atoms with van der Waals surface area (Å²) in [6.45, 7) is 2.05. The van der Waals surface area contributed by atoms with E-state index in [1.807, 2.05) is 12.1 Å². The van der Waals surface area contributed by atoms with Crippen LogP contribution in [-0.2, 0) is 6.42 Å². The van der Waals surface area contributed by atoms with Crippen molar-refractivity contribution in [2.24, 2.45) is 0 Å². The van der Waals surface area contributed by atoms with E-state index in [4.69, 9.17) is 0 Å². The van der Waals surface area contributed by atoms with E-state index in [0.717, 1.165) is 23.1 Å². The molecule has 0 bridgehead atoms. The van der Waals surface area contributed by atoms with Gasteiger partial charge in [0.1, 0.15) is 11.5 Å². The van der Waals surface area contributed by atoms with E-state index in [-0.39, 0.29) is 11.5 Å². The lowest BCUT2D eigenvalue weighted by Gasteiger charge is -2.06. The maximum atomic E-state index is 9.88. The number of rotatable bonds is 2. The van der Waals surface area contributed by atoms with E-state index in [9.17, 15) is 10.2 Å². The maximum absolute atomic E-state index is 9.88. The van der Waals surface area contributed by atoms with Crippen molar-refractivity contribution in [2.45, 2.75) is 13.3 Å².